The van der Waals surface area contributed by atoms with E-state index in [-0.39, 0.29) is 0 Å². The Labute approximate surface area is 97.2 Å². The molecule has 0 aromatic carbocycles. The summed E-state index contributed by atoms with van der Waals surface area (Å²) in [5.74, 6) is 3.07. The first kappa shape index (κ1) is 11.6. The summed E-state index contributed by atoms with van der Waals surface area (Å²) < 4.78 is 0. The topological polar surface area (TPSA) is 53.6 Å². The largest absolute Gasteiger partial charge is 0.307 e. The van der Waals surface area contributed by atoms with Crippen molar-refractivity contribution in [3.05, 3.63) is 11.6 Å². The van der Waals surface area contributed by atoms with Crippen LogP contribution in [0.1, 0.15) is 57.6 Å². The number of H-pyrrole nitrogens is 1. The predicted molar refractivity (Wildman–Crippen MR) is 64.1 cm³/mol. The van der Waals surface area contributed by atoms with Gasteiger partial charge in [0.25, 0.3) is 0 Å². The van der Waals surface area contributed by atoms with Crippen LogP contribution in [0.2, 0.25) is 0 Å². The van der Waals surface area contributed by atoms with Gasteiger partial charge in [-0.1, -0.05) is 27.2 Å². The normalized spacial score (nSPS) is 25.5. The average Bonchev–Trinajstić information content (AvgIpc) is 2.83. The number of nitrogens with one attached hydrogen (secondary N) is 2. The smallest absolute Gasteiger partial charge is 0.153 e. The highest BCUT2D eigenvalue weighted by molar-refractivity contribution is 4.95. The molecule has 0 amide bonds. The molecule has 90 valence electrons. The SMILES string of the molecule is CC(C)c1n[nH]c(CNC2CCCC2C)n1. The Balaban J connectivity index is 1.84. The van der Waals surface area contributed by atoms with Crippen LogP contribution in [0.25, 0.3) is 0 Å². The molecule has 1 aliphatic rings. The second kappa shape index (κ2) is 4.95. The maximum Gasteiger partial charge on any atom is 0.153 e. The summed E-state index contributed by atoms with van der Waals surface area (Å²) in [6.07, 6.45) is 4.00. The highest BCUT2D eigenvalue weighted by atomic mass is 15.2. The molecule has 0 bridgehead atoms. The van der Waals surface area contributed by atoms with E-state index in [1.54, 1.807) is 0 Å². The molecule has 2 N–H and O–H groups in total. The Hall–Kier alpha value is -0.900. The van der Waals surface area contributed by atoms with Crippen LogP contribution >= 0.6 is 0 Å². The second-order valence-electron chi connectivity index (χ2n) is 5.19. The van der Waals surface area contributed by atoms with Crippen molar-refractivity contribution in [2.24, 2.45) is 5.92 Å². The number of rotatable bonds is 4. The molecule has 2 unspecified atom stereocenters. The zero-order valence-corrected chi connectivity index (χ0v) is 10.5. The third kappa shape index (κ3) is 2.61. The van der Waals surface area contributed by atoms with Gasteiger partial charge in [-0.3, -0.25) is 5.10 Å². The van der Waals surface area contributed by atoms with Crippen molar-refractivity contribution >= 4 is 0 Å². The van der Waals surface area contributed by atoms with Crippen molar-refractivity contribution < 1.29 is 0 Å². The first-order valence-electron chi connectivity index (χ1n) is 6.31. The van der Waals surface area contributed by atoms with E-state index in [0.29, 0.717) is 12.0 Å². The minimum absolute atomic E-state index is 0.399. The number of hydrogen-bond acceptors (Lipinski definition) is 3. The first-order valence-corrected chi connectivity index (χ1v) is 6.31. The lowest BCUT2D eigenvalue weighted by atomic mass is 10.1. The summed E-state index contributed by atoms with van der Waals surface area (Å²) in [5.41, 5.74) is 0. The molecular formula is C12H22N4. The fourth-order valence-corrected chi connectivity index (χ4v) is 2.32. The summed E-state index contributed by atoms with van der Waals surface area (Å²) in [4.78, 5) is 4.47. The fourth-order valence-electron chi connectivity index (χ4n) is 2.32. The number of nitrogens with zero attached hydrogens (tertiary/aromatic N) is 2. The van der Waals surface area contributed by atoms with Crippen LogP contribution in [-0.4, -0.2) is 21.2 Å². The lowest BCUT2D eigenvalue weighted by Gasteiger charge is -2.15. The van der Waals surface area contributed by atoms with E-state index in [0.717, 1.165) is 24.1 Å². The van der Waals surface area contributed by atoms with Gasteiger partial charge in [-0.25, -0.2) is 4.98 Å². The predicted octanol–water partition coefficient (Wildman–Crippen LogP) is 2.21. The van der Waals surface area contributed by atoms with Gasteiger partial charge >= 0.3 is 0 Å². The van der Waals surface area contributed by atoms with Gasteiger partial charge in [-0.2, -0.15) is 5.10 Å². The van der Waals surface area contributed by atoms with Crippen molar-refractivity contribution in [3.8, 4) is 0 Å². The minimum Gasteiger partial charge on any atom is -0.307 e. The molecule has 1 aliphatic carbocycles. The molecule has 0 radical (unpaired) electrons. The van der Waals surface area contributed by atoms with Gasteiger partial charge in [0.15, 0.2) is 5.82 Å². The monoisotopic (exact) mass is 222 g/mol. The van der Waals surface area contributed by atoms with Crippen LogP contribution in [0.5, 0.6) is 0 Å². The molecule has 1 aromatic heterocycles. The van der Waals surface area contributed by atoms with Gasteiger partial charge in [-0.05, 0) is 18.8 Å². The van der Waals surface area contributed by atoms with E-state index in [4.69, 9.17) is 0 Å². The minimum atomic E-state index is 0.399. The van der Waals surface area contributed by atoms with E-state index >= 15 is 0 Å². The van der Waals surface area contributed by atoms with Crippen LogP contribution in [0.15, 0.2) is 0 Å². The molecule has 1 heterocycles. The third-order valence-corrected chi connectivity index (χ3v) is 3.46. The van der Waals surface area contributed by atoms with Gasteiger partial charge in [0.2, 0.25) is 0 Å². The van der Waals surface area contributed by atoms with Crippen molar-refractivity contribution in [2.45, 2.75) is 58.5 Å². The van der Waals surface area contributed by atoms with Crippen molar-refractivity contribution in [2.75, 3.05) is 0 Å². The molecular weight excluding hydrogens is 200 g/mol. The number of aromatic nitrogens is 3. The van der Waals surface area contributed by atoms with E-state index < -0.39 is 0 Å². The summed E-state index contributed by atoms with van der Waals surface area (Å²) in [6, 6.07) is 0.660. The Kier molecular flexibility index (Phi) is 3.59. The van der Waals surface area contributed by atoms with Gasteiger partial charge in [0.05, 0.1) is 6.54 Å². The molecule has 0 saturated heterocycles. The maximum absolute atomic E-state index is 4.47. The maximum atomic E-state index is 4.47. The van der Waals surface area contributed by atoms with E-state index in [9.17, 15) is 0 Å². The zero-order chi connectivity index (χ0) is 11.5. The fraction of sp³-hybridized carbons (Fsp3) is 0.833. The second-order valence-corrected chi connectivity index (χ2v) is 5.19. The Morgan fingerprint density at radius 1 is 1.44 bits per heavy atom. The molecule has 2 atom stereocenters. The summed E-state index contributed by atoms with van der Waals surface area (Å²) in [5, 5.41) is 10.8. The van der Waals surface area contributed by atoms with Crippen LogP contribution < -0.4 is 5.32 Å². The van der Waals surface area contributed by atoms with E-state index in [2.05, 4.69) is 41.3 Å². The van der Waals surface area contributed by atoms with Crippen molar-refractivity contribution in [1.82, 2.24) is 20.5 Å². The number of hydrogen-bond donors (Lipinski definition) is 2. The van der Waals surface area contributed by atoms with Crippen LogP contribution in [0.3, 0.4) is 0 Å². The molecule has 0 spiro atoms. The van der Waals surface area contributed by atoms with Gasteiger partial charge in [0.1, 0.15) is 5.82 Å². The third-order valence-electron chi connectivity index (χ3n) is 3.46. The van der Waals surface area contributed by atoms with Crippen molar-refractivity contribution in [3.63, 3.8) is 0 Å². The molecule has 16 heavy (non-hydrogen) atoms. The Bertz CT molecular complexity index is 332. The molecule has 1 fully saturated rings. The van der Waals surface area contributed by atoms with Crippen LogP contribution in [0, 0.1) is 5.92 Å². The lowest BCUT2D eigenvalue weighted by Crippen LogP contribution is -2.30. The summed E-state index contributed by atoms with van der Waals surface area (Å²) in [6.45, 7) is 7.36. The lowest BCUT2D eigenvalue weighted by molar-refractivity contribution is 0.421. The zero-order valence-electron chi connectivity index (χ0n) is 10.5. The van der Waals surface area contributed by atoms with E-state index in [1.807, 2.05) is 0 Å². The number of aromatic amines is 1. The molecule has 1 aromatic rings. The van der Waals surface area contributed by atoms with Gasteiger partial charge < -0.3 is 5.32 Å². The Morgan fingerprint density at radius 3 is 2.81 bits per heavy atom. The van der Waals surface area contributed by atoms with Crippen molar-refractivity contribution in [1.29, 1.82) is 0 Å². The van der Waals surface area contributed by atoms with E-state index in [1.165, 1.54) is 19.3 Å². The molecule has 4 heteroatoms. The molecule has 4 nitrogen and oxygen atoms in total. The quantitative estimate of drug-likeness (QED) is 0.821. The first-order chi connectivity index (χ1) is 7.66. The van der Waals surface area contributed by atoms with Crippen LogP contribution in [-0.2, 0) is 6.54 Å². The van der Waals surface area contributed by atoms with Crippen LogP contribution in [0.4, 0.5) is 0 Å². The summed E-state index contributed by atoms with van der Waals surface area (Å²) >= 11 is 0. The highest BCUT2D eigenvalue weighted by Crippen LogP contribution is 2.24. The van der Waals surface area contributed by atoms with Gasteiger partial charge in [-0.15, -0.1) is 0 Å². The standard InChI is InChI=1S/C12H22N4/c1-8(2)12-14-11(15-16-12)7-13-10-6-4-5-9(10)3/h8-10,13H,4-7H2,1-3H3,(H,14,15,16). The average molecular weight is 222 g/mol. The summed E-state index contributed by atoms with van der Waals surface area (Å²) in [7, 11) is 0. The molecule has 0 aliphatic heterocycles. The molecule has 1 saturated carbocycles. The Morgan fingerprint density at radius 2 is 2.25 bits per heavy atom. The van der Waals surface area contributed by atoms with Gasteiger partial charge in [0, 0.05) is 12.0 Å². The highest BCUT2D eigenvalue weighted by Gasteiger charge is 2.22. The molecule has 2 rings (SSSR count).